The molecule has 0 aliphatic carbocycles. The molecule has 2 heterocycles. The summed E-state index contributed by atoms with van der Waals surface area (Å²) in [6, 6.07) is 0. The van der Waals surface area contributed by atoms with E-state index in [1.54, 1.807) is 20.2 Å². The molecule has 1 N–H and O–H groups in total. The van der Waals surface area contributed by atoms with Crippen LogP contribution in [-0.2, 0) is 13.6 Å². The van der Waals surface area contributed by atoms with Crippen LogP contribution >= 0.6 is 0 Å². The Morgan fingerprint density at radius 1 is 1.61 bits per heavy atom. The maximum Gasteiger partial charge on any atom is 0.258 e. The number of nitrogens with zero attached hydrogens (tertiary/aromatic N) is 4. The lowest BCUT2D eigenvalue weighted by atomic mass is 10.3. The monoisotopic (exact) mass is 251 g/mol. The largest absolute Gasteiger partial charge is 0.479 e. The van der Waals surface area contributed by atoms with Gasteiger partial charge in [0.15, 0.2) is 5.82 Å². The van der Waals surface area contributed by atoms with E-state index in [1.807, 2.05) is 0 Å². The zero-order valence-electron chi connectivity index (χ0n) is 10.3. The molecule has 18 heavy (non-hydrogen) atoms. The summed E-state index contributed by atoms with van der Waals surface area (Å²) in [5.74, 6) is 0.842. The summed E-state index contributed by atoms with van der Waals surface area (Å²) in [6.07, 6.45) is 1.58. The summed E-state index contributed by atoms with van der Waals surface area (Å²) in [5, 5.41) is 10.3. The fourth-order valence-electron chi connectivity index (χ4n) is 1.44. The number of methoxy groups -OCH3 is 1. The Morgan fingerprint density at radius 3 is 3.00 bits per heavy atom. The van der Waals surface area contributed by atoms with Gasteiger partial charge in [-0.15, -0.1) is 5.10 Å². The van der Waals surface area contributed by atoms with Gasteiger partial charge in [0, 0.05) is 13.2 Å². The van der Waals surface area contributed by atoms with Gasteiger partial charge in [-0.25, -0.2) is 0 Å². The number of carbonyl (C=O) groups excluding carboxylic acids is 1. The van der Waals surface area contributed by atoms with E-state index >= 15 is 0 Å². The van der Waals surface area contributed by atoms with Gasteiger partial charge >= 0.3 is 0 Å². The first-order valence-corrected chi connectivity index (χ1v) is 5.25. The average Bonchev–Trinajstić information content (AvgIpc) is 2.92. The summed E-state index contributed by atoms with van der Waals surface area (Å²) < 4.78 is 11.4. The first-order valence-electron chi connectivity index (χ1n) is 5.25. The molecule has 8 nitrogen and oxygen atoms in total. The smallest absolute Gasteiger partial charge is 0.258 e. The Balaban J connectivity index is 2.03. The van der Waals surface area contributed by atoms with Gasteiger partial charge in [-0.05, 0) is 6.92 Å². The van der Waals surface area contributed by atoms with Crippen molar-refractivity contribution in [3.8, 4) is 5.88 Å². The SMILES string of the molecule is COc1nn(C)cc1C(=O)NCc1nc(C)no1. The molecule has 0 atom stereocenters. The van der Waals surface area contributed by atoms with Crippen molar-refractivity contribution in [2.24, 2.45) is 7.05 Å². The molecule has 0 aliphatic heterocycles. The second kappa shape index (κ2) is 4.86. The lowest BCUT2D eigenvalue weighted by Gasteiger charge is -2.01. The number of ether oxygens (including phenoxy) is 1. The van der Waals surface area contributed by atoms with E-state index in [9.17, 15) is 4.79 Å². The van der Waals surface area contributed by atoms with E-state index < -0.39 is 0 Å². The molecule has 0 unspecified atom stereocenters. The Labute approximate surface area is 103 Å². The van der Waals surface area contributed by atoms with E-state index in [0.717, 1.165) is 0 Å². The standard InChI is InChI=1S/C10H13N5O3/c1-6-12-8(18-14-6)4-11-9(16)7-5-15(2)13-10(7)17-3/h5H,4H2,1-3H3,(H,11,16). The van der Waals surface area contributed by atoms with Crippen LogP contribution in [0.15, 0.2) is 10.7 Å². The normalized spacial score (nSPS) is 10.4. The van der Waals surface area contributed by atoms with Crippen molar-refractivity contribution in [1.82, 2.24) is 25.2 Å². The van der Waals surface area contributed by atoms with Gasteiger partial charge in [-0.1, -0.05) is 5.16 Å². The van der Waals surface area contributed by atoms with Crippen molar-refractivity contribution in [1.29, 1.82) is 0 Å². The Bertz CT molecular complexity index is 560. The molecule has 2 aromatic heterocycles. The van der Waals surface area contributed by atoms with Crippen LogP contribution in [0.25, 0.3) is 0 Å². The molecule has 0 aliphatic rings. The van der Waals surface area contributed by atoms with Crippen LogP contribution in [0.5, 0.6) is 5.88 Å². The molecular formula is C10H13N5O3. The van der Waals surface area contributed by atoms with Crippen molar-refractivity contribution >= 4 is 5.91 Å². The number of carbonyl (C=O) groups is 1. The van der Waals surface area contributed by atoms with Gasteiger partial charge in [-0.3, -0.25) is 9.48 Å². The molecule has 0 aromatic carbocycles. The van der Waals surface area contributed by atoms with E-state index in [0.29, 0.717) is 17.3 Å². The van der Waals surface area contributed by atoms with Crippen LogP contribution in [0.3, 0.4) is 0 Å². The average molecular weight is 251 g/mol. The van der Waals surface area contributed by atoms with Crippen molar-refractivity contribution in [3.63, 3.8) is 0 Å². The molecule has 2 rings (SSSR count). The van der Waals surface area contributed by atoms with Crippen molar-refractivity contribution < 1.29 is 14.1 Å². The number of nitrogens with one attached hydrogen (secondary N) is 1. The molecule has 0 bridgehead atoms. The van der Waals surface area contributed by atoms with Gasteiger partial charge in [0.2, 0.25) is 11.8 Å². The van der Waals surface area contributed by atoms with Gasteiger partial charge in [0.1, 0.15) is 5.56 Å². The molecule has 0 fully saturated rings. The maximum atomic E-state index is 11.9. The lowest BCUT2D eigenvalue weighted by molar-refractivity contribution is 0.0943. The molecule has 0 saturated carbocycles. The van der Waals surface area contributed by atoms with E-state index in [-0.39, 0.29) is 18.3 Å². The molecule has 0 spiro atoms. The number of rotatable bonds is 4. The Hall–Kier alpha value is -2.38. The molecular weight excluding hydrogens is 238 g/mol. The topological polar surface area (TPSA) is 95.1 Å². The molecule has 96 valence electrons. The van der Waals surface area contributed by atoms with Gasteiger partial charge in [0.05, 0.1) is 13.7 Å². The molecule has 0 saturated heterocycles. The molecule has 2 aromatic rings. The number of hydrogen-bond donors (Lipinski definition) is 1. The first kappa shape index (κ1) is 12.1. The third-order valence-electron chi connectivity index (χ3n) is 2.20. The fraction of sp³-hybridized carbons (Fsp3) is 0.400. The third-order valence-corrected chi connectivity index (χ3v) is 2.20. The predicted octanol–water partition coefficient (Wildman–Crippen LogP) is 0.0501. The number of aromatic nitrogens is 4. The van der Waals surface area contributed by atoms with Crippen LogP contribution < -0.4 is 10.1 Å². The summed E-state index contributed by atoms with van der Waals surface area (Å²) in [7, 11) is 3.17. The predicted molar refractivity (Wildman–Crippen MR) is 60.0 cm³/mol. The van der Waals surface area contributed by atoms with E-state index in [4.69, 9.17) is 9.26 Å². The Kier molecular flexibility index (Phi) is 3.26. The maximum absolute atomic E-state index is 11.9. The van der Waals surface area contributed by atoms with Crippen LogP contribution in [0.1, 0.15) is 22.1 Å². The minimum atomic E-state index is -0.309. The molecule has 0 radical (unpaired) electrons. The highest BCUT2D eigenvalue weighted by atomic mass is 16.5. The lowest BCUT2D eigenvalue weighted by Crippen LogP contribution is -2.23. The molecule has 8 heteroatoms. The molecule has 1 amide bonds. The quantitative estimate of drug-likeness (QED) is 0.825. The minimum absolute atomic E-state index is 0.164. The van der Waals surface area contributed by atoms with Crippen molar-refractivity contribution in [3.05, 3.63) is 23.5 Å². The second-order valence-corrected chi connectivity index (χ2v) is 3.64. The van der Waals surface area contributed by atoms with E-state index in [1.165, 1.54) is 11.8 Å². The number of aryl methyl sites for hydroxylation is 2. The van der Waals surface area contributed by atoms with Crippen LogP contribution in [0, 0.1) is 6.92 Å². The zero-order valence-corrected chi connectivity index (χ0v) is 10.3. The van der Waals surface area contributed by atoms with Gasteiger partial charge in [0.25, 0.3) is 5.91 Å². The Morgan fingerprint density at radius 2 is 2.39 bits per heavy atom. The van der Waals surface area contributed by atoms with Crippen LogP contribution in [0.2, 0.25) is 0 Å². The highest BCUT2D eigenvalue weighted by Gasteiger charge is 2.16. The fourth-order valence-corrected chi connectivity index (χ4v) is 1.44. The van der Waals surface area contributed by atoms with Gasteiger partial charge < -0.3 is 14.6 Å². The number of hydrogen-bond acceptors (Lipinski definition) is 6. The van der Waals surface area contributed by atoms with Gasteiger partial charge in [-0.2, -0.15) is 4.98 Å². The van der Waals surface area contributed by atoms with Crippen LogP contribution in [0.4, 0.5) is 0 Å². The van der Waals surface area contributed by atoms with Crippen molar-refractivity contribution in [2.75, 3.05) is 7.11 Å². The first-order chi connectivity index (χ1) is 8.60. The van der Waals surface area contributed by atoms with Crippen molar-refractivity contribution in [2.45, 2.75) is 13.5 Å². The third kappa shape index (κ3) is 2.47. The summed E-state index contributed by atoms with van der Waals surface area (Å²) in [4.78, 5) is 15.9. The van der Waals surface area contributed by atoms with Crippen LogP contribution in [-0.4, -0.2) is 32.9 Å². The number of amides is 1. The summed E-state index contributed by atoms with van der Waals surface area (Å²) in [5.41, 5.74) is 0.358. The second-order valence-electron chi connectivity index (χ2n) is 3.64. The zero-order chi connectivity index (χ0) is 13.1. The summed E-state index contributed by atoms with van der Waals surface area (Å²) in [6.45, 7) is 1.87. The van der Waals surface area contributed by atoms with E-state index in [2.05, 4.69) is 20.6 Å². The highest BCUT2D eigenvalue weighted by molar-refractivity contribution is 5.96. The summed E-state index contributed by atoms with van der Waals surface area (Å²) >= 11 is 0. The highest BCUT2D eigenvalue weighted by Crippen LogP contribution is 2.14. The minimum Gasteiger partial charge on any atom is -0.479 e.